The molecule has 27 heavy (non-hydrogen) atoms. The summed E-state index contributed by atoms with van der Waals surface area (Å²) in [5, 5.41) is 4.18. The number of nitrogens with zero attached hydrogens (tertiary/aromatic N) is 3. The molecule has 0 fully saturated rings. The van der Waals surface area contributed by atoms with Gasteiger partial charge in [0, 0.05) is 30.4 Å². The lowest BCUT2D eigenvalue weighted by Gasteiger charge is -2.20. The molecule has 2 N–H and O–H groups in total. The first-order valence-electron chi connectivity index (χ1n) is 9.00. The largest absolute Gasteiger partial charge is 0.372 e. The van der Waals surface area contributed by atoms with Gasteiger partial charge < -0.3 is 4.90 Å². The summed E-state index contributed by atoms with van der Waals surface area (Å²) in [6.07, 6.45) is 1.70. The van der Waals surface area contributed by atoms with Crippen LogP contribution in [0.2, 0.25) is 0 Å². The van der Waals surface area contributed by atoms with Crippen molar-refractivity contribution >= 4 is 17.9 Å². The molecule has 0 bridgehead atoms. The Balaban J connectivity index is 1.71. The fourth-order valence-electron chi connectivity index (χ4n) is 2.80. The van der Waals surface area contributed by atoms with E-state index < -0.39 is 0 Å². The average Bonchev–Trinajstić information content (AvgIpc) is 2.70. The zero-order valence-electron chi connectivity index (χ0n) is 15.5. The van der Waals surface area contributed by atoms with Gasteiger partial charge in [0.15, 0.2) is 0 Å². The van der Waals surface area contributed by atoms with Crippen molar-refractivity contribution in [1.82, 2.24) is 9.97 Å². The van der Waals surface area contributed by atoms with E-state index in [1.165, 1.54) is 11.8 Å². The Bertz CT molecular complexity index is 944. The van der Waals surface area contributed by atoms with Crippen molar-refractivity contribution in [2.45, 2.75) is 13.8 Å². The van der Waals surface area contributed by atoms with Crippen LogP contribution in [0.5, 0.6) is 0 Å². The number of H-pyrrole nitrogens is 1. The van der Waals surface area contributed by atoms with Gasteiger partial charge in [-0.15, -0.1) is 0 Å². The van der Waals surface area contributed by atoms with E-state index in [-0.39, 0.29) is 5.56 Å². The fraction of sp³-hybridized carbons (Fsp3) is 0.190. The third-order valence-corrected chi connectivity index (χ3v) is 4.22. The van der Waals surface area contributed by atoms with Gasteiger partial charge in [0.1, 0.15) is 0 Å². The summed E-state index contributed by atoms with van der Waals surface area (Å²) >= 11 is 0. The maximum atomic E-state index is 11.9. The molecule has 3 rings (SSSR count). The Morgan fingerprint density at radius 1 is 1.07 bits per heavy atom. The SMILES string of the molecule is CCN(CC)c1ccc(C=NNc2nc(-c3ccccc3)cc(=O)[nH]2)cc1. The molecular weight excluding hydrogens is 338 g/mol. The zero-order valence-corrected chi connectivity index (χ0v) is 15.5. The second-order valence-electron chi connectivity index (χ2n) is 5.98. The molecule has 0 amide bonds. The predicted octanol–water partition coefficient (Wildman–Crippen LogP) is 3.73. The third kappa shape index (κ3) is 4.82. The van der Waals surface area contributed by atoms with Crippen LogP contribution in [0.15, 0.2) is 70.6 Å². The maximum absolute atomic E-state index is 11.9. The average molecular weight is 361 g/mol. The number of nitrogens with one attached hydrogen (secondary N) is 2. The molecular formula is C21H23N5O. The molecule has 0 aliphatic rings. The molecule has 0 saturated carbocycles. The van der Waals surface area contributed by atoms with E-state index in [1.807, 2.05) is 42.5 Å². The maximum Gasteiger partial charge on any atom is 0.252 e. The molecule has 1 aromatic heterocycles. The lowest BCUT2D eigenvalue weighted by molar-refractivity contribution is 0.866. The van der Waals surface area contributed by atoms with Gasteiger partial charge in [0.2, 0.25) is 5.95 Å². The number of aromatic nitrogens is 2. The minimum Gasteiger partial charge on any atom is -0.372 e. The molecule has 0 aliphatic carbocycles. The molecule has 2 aromatic carbocycles. The van der Waals surface area contributed by atoms with Crippen LogP contribution in [-0.2, 0) is 0 Å². The van der Waals surface area contributed by atoms with Crippen LogP contribution in [0.3, 0.4) is 0 Å². The summed E-state index contributed by atoms with van der Waals surface area (Å²) in [7, 11) is 0. The van der Waals surface area contributed by atoms with E-state index in [0.717, 1.165) is 24.2 Å². The monoisotopic (exact) mass is 361 g/mol. The predicted molar refractivity (Wildman–Crippen MR) is 112 cm³/mol. The second kappa shape index (κ2) is 8.80. The lowest BCUT2D eigenvalue weighted by atomic mass is 10.1. The highest BCUT2D eigenvalue weighted by molar-refractivity contribution is 5.80. The van der Waals surface area contributed by atoms with Gasteiger partial charge >= 0.3 is 0 Å². The van der Waals surface area contributed by atoms with E-state index >= 15 is 0 Å². The molecule has 0 spiro atoms. The molecule has 3 aromatic rings. The van der Waals surface area contributed by atoms with Crippen LogP contribution in [0.1, 0.15) is 19.4 Å². The summed E-state index contributed by atoms with van der Waals surface area (Å²) in [6.45, 7) is 6.23. The van der Waals surface area contributed by atoms with Gasteiger partial charge in [-0.25, -0.2) is 10.4 Å². The summed E-state index contributed by atoms with van der Waals surface area (Å²) in [5.74, 6) is 0.303. The topological polar surface area (TPSA) is 73.4 Å². The Kier molecular flexibility index (Phi) is 5.99. The normalized spacial score (nSPS) is 10.9. The quantitative estimate of drug-likeness (QED) is 0.497. The van der Waals surface area contributed by atoms with E-state index in [0.29, 0.717) is 11.6 Å². The van der Waals surface area contributed by atoms with E-state index in [2.05, 4.69) is 51.4 Å². The van der Waals surface area contributed by atoms with E-state index in [4.69, 9.17) is 0 Å². The van der Waals surface area contributed by atoms with Crippen LogP contribution in [0.4, 0.5) is 11.6 Å². The molecule has 6 nitrogen and oxygen atoms in total. The number of aromatic amines is 1. The first-order valence-corrected chi connectivity index (χ1v) is 9.00. The number of hydrogen-bond donors (Lipinski definition) is 2. The number of hydrogen-bond acceptors (Lipinski definition) is 5. The number of benzene rings is 2. The van der Waals surface area contributed by atoms with Gasteiger partial charge in [-0.1, -0.05) is 42.5 Å². The van der Waals surface area contributed by atoms with Crippen LogP contribution in [0, 0.1) is 0 Å². The Labute approximate surface area is 158 Å². The van der Waals surface area contributed by atoms with Crippen molar-refractivity contribution in [2.75, 3.05) is 23.4 Å². The van der Waals surface area contributed by atoms with E-state index in [9.17, 15) is 4.79 Å². The number of rotatable bonds is 7. The highest BCUT2D eigenvalue weighted by Crippen LogP contribution is 2.16. The Hall–Kier alpha value is -3.41. The van der Waals surface area contributed by atoms with Crippen molar-refractivity contribution in [1.29, 1.82) is 0 Å². The van der Waals surface area contributed by atoms with Crippen molar-refractivity contribution in [2.24, 2.45) is 5.10 Å². The van der Waals surface area contributed by atoms with Gasteiger partial charge in [-0.2, -0.15) is 5.10 Å². The van der Waals surface area contributed by atoms with Crippen LogP contribution >= 0.6 is 0 Å². The molecule has 138 valence electrons. The molecule has 0 unspecified atom stereocenters. The zero-order chi connectivity index (χ0) is 19.1. The summed E-state index contributed by atoms with van der Waals surface area (Å²) < 4.78 is 0. The molecule has 0 radical (unpaired) electrons. The van der Waals surface area contributed by atoms with Crippen molar-refractivity contribution in [3.8, 4) is 11.3 Å². The molecule has 1 heterocycles. The molecule has 0 atom stereocenters. The summed E-state index contributed by atoms with van der Waals surface area (Å²) in [6, 6.07) is 19.2. The van der Waals surface area contributed by atoms with Crippen LogP contribution in [0.25, 0.3) is 11.3 Å². The summed E-state index contributed by atoms with van der Waals surface area (Å²) in [5.41, 5.74) is 6.19. The minimum absolute atomic E-state index is 0.231. The van der Waals surface area contributed by atoms with Gasteiger partial charge in [-0.3, -0.25) is 9.78 Å². The summed E-state index contributed by atoms with van der Waals surface area (Å²) in [4.78, 5) is 21.2. The number of anilines is 2. The molecule has 0 saturated heterocycles. The van der Waals surface area contributed by atoms with Gasteiger partial charge in [0.05, 0.1) is 11.9 Å². The minimum atomic E-state index is -0.231. The highest BCUT2D eigenvalue weighted by Gasteiger charge is 2.03. The van der Waals surface area contributed by atoms with E-state index in [1.54, 1.807) is 6.21 Å². The highest BCUT2D eigenvalue weighted by atomic mass is 16.1. The Morgan fingerprint density at radius 2 is 1.78 bits per heavy atom. The van der Waals surface area contributed by atoms with Gasteiger partial charge in [0.25, 0.3) is 5.56 Å². The van der Waals surface area contributed by atoms with Crippen LogP contribution in [-0.4, -0.2) is 29.3 Å². The van der Waals surface area contributed by atoms with Crippen LogP contribution < -0.4 is 15.9 Å². The third-order valence-electron chi connectivity index (χ3n) is 4.22. The van der Waals surface area contributed by atoms with Crippen molar-refractivity contribution < 1.29 is 0 Å². The smallest absolute Gasteiger partial charge is 0.252 e. The van der Waals surface area contributed by atoms with Gasteiger partial charge in [-0.05, 0) is 31.5 Å². The van der Waals surface area contributed by atoms with Crippen molar-refractivity contribution in [3.63, 3.8) is 0 Å². The number of hydrazone groups is 1. The first kappa shape index (κ1) is 18.4. The standard InChI is InChI=1S/C21H23N5O/c1-3-26(4-2)18-12-10-16(11-13-18)15-22-25-21-23-19(14-20(27)24-21)17-8-6-5-7-9-17/h5-15H,3-4H2,1-2H3,(H2,23,24,25,27). The fourth-order valence-corrected chi connectivity index (χ4v) is 2.80. The second-order valence-corrected chi connectivity index (χ2v) is 5.98. The molecule has 6 heteroatoms. The lowest BCUT2D eigenvalue weighted by Crippen LogP contribution is -2.21. The first-order chi connectivity index (χ1) is 13.2. The molecule has 0 aliphatic heterocycles. The Morgan fingerprint density at radius 3 is 2.44 bits per heavy atom. The van der Waals surface area contributed by atoms with Crippen molar-refractivity contribution in [3.05, 3.63) is 76.6 Å².